The molecule has 0 radical (unpaired) electrons. The maximum Gasteiger partial charge on any atom is -0.00187 e. The minimum absolute atomic E-state index is 0.890. The molecule has 0 aliphatic rings. The summed E-state index contributed by atoms with van der Waals surface area (Å²) in [6.45, 7) is 15.8. The molecule has 0 heterocycles. The number of hydrogen-bond acceptors (Lipinski definition) is 1. The monoisotopic (exact) mass is 578 g/mol. The van der Waals surface area contributed by atoms with E-state index in [1.54, 1.807) is 0 Å². The van der Waals surface area contributed by atoms with Gasteiger partial charge >= 0.3 is 0 Å². The van der Waals surface area contributed by atoms with Crippen molar-refractivity contribution in [2.24, 2.45) is 11.8 Å². The molecule has 0 spiro atoms. The third kappa shape index (κ3) is 36.1. The zero-order valence-corrected chi connectivity index (χ0v) is 29.9. The number of hydrogen-bond donors (Lipinski definition) is 0. The lowest BCUT2D eigenvalue weighted by molar-refractivity contribution is 0.254. The van der Waals surface area contributed by atoms with Crippen LogP contribution >= 0.6 is 0 Å². The SMILES string of the molecule is CCCCCCCCN(CCCCCCCCCCCCCC(C)C)CCCCCCCCCCCCCC(C)C. The van der Waals surface area contributed by atoms with Crippen LogP contribution in [0.5, 0.6) is 0 Å². The van der Waals surface area contributed by atoms with Gasteiger partial charge in [-0.05, 0) is 50.7 Å². The van der Waals surface area contributed by atoms with Crippen molar-refractivity contribution in [1.29, 1.82) is 0 Å². The van der Waals surface area contributed by atoms with Crippen LogP contribution in [0.15, 0.2) is 0 Å². The highest BCUT2D eigenvalue weighted by Crippen LogP contribution is 2.16. The van der Waals surface area contributed by atoms with Gasteiger partial charge in [0.05, 0.1) is 0 Å². The van der Waals surface area contributed by atoms with E-state index in [4.69, 9.17) is 0 Å². The Hall–Kier alpha value is -0.0400. The molecule has 0 fully saturated rings. The van der Waals surface area contributed by atoms with Gasteiger partial charge in [-0.15, -0.1) is 0 Å². The van der Waals surface area contributed by atoms with Crippen molar-refractivity contribution in [2.75, 3.05) is 19.6 Å². The van der Waals surface area contributed by atoms with Crippen LogP contribution in [-0.4, -0.2) is 24.5 Å². The van der Waals surface area contributed by atoms with E-state index in [1.165, 1.54) is 212 Å². The third-order valence-corrected chi connectivity index (χ3v) is 9.34. The summed E-state index contributed by atoms with van der Waals surface area (Å²) in [7, 11) is 0. The quantitative estimate of drug-likeness (QED) is 0.0677. The lowest BCUT2D eigenvalue weighted by Crippen LogP contribution is -2.27. The number of rotatable bonds is 35. The maximum absolute atomic E-state index is 2.85. The molecular weight excluding hydrogens is 494 g/mol. The number of unbranched alkanes of at least 4 members (excludes halogenated alkanes) is 25. The molecular formula is C40H83N. The van der Waals surface area contributed by atoms with Gasteiger partial charge in [-0.1, -0.05) is 208 Å². The van der Waals surface area contributed by atoms with Crippen LogP contribution in [0.2, 0.25) is 0 Å². The second-order valence-electron chi connectivity index (χ2n) is 14.8. The van der Waals surface area contributed by atoms with Crippen LogP contribution in [0, 0.1) is 11.8 Å². The van der Waals surface area contributed by atoms with Gasteiger partial charge in [-0.25, -0.2) is 0 Å². The molecule has 0 saturated heterocycles. The van der Waals surface area contributed by atoms with Gasteiger partial charge in [-0.3, -0.25) is 0 Å². The predicted molar refractivity (Wildman–Crippen MR) is 190 cm³/mol. The van der Waals surface area contributed by atoms with E-state index in [9.17, 15) is 0 Å². The molecule has 0 aromatic carbocycles. The molecule has 0 atom stereocenters. The minimum Gasteiger partial charge on any atom is -0.303 e. The number of nitrogens with zero attached hydrogens (tertiary/aromatic N) is 1. The van der Waals surface area contributed by atoms with Gasteiger partial charge in [0, 0.05) is 0 Å². The van der Waals surface area contributed by atoms with E-state index in [0.29, 0.717) is 0 Å². The van der Waals surface area contributed by atoms with Crippen LogP contribution < -0.4 is 0 Å². The zero-order chi connectivity index (χ0) is 30.1. The highest BCUT2D eigenvalue weighted by molar-refractivity contribution is 4.61. The molecule has 0 amide bonds. The molecule has 0 aromatic heterocycles. The average Bonchev–Trinajstić information content (AvgIpc) is 2.94. The van der Waals surface area contributed by atoms with E-state index < -0.39 is 0 Å². The first-order valence-electron chi connectivity index (χ1n) is 19.8. The molecule has 0 N–H and O–H groups in total. The molecule has 41 heavy (non-hydrogen) atoms. The lowest BCUT2D eigenvalue weighted by atomic mass is 10.0. The van der Waals surface area contributed by atoms with E-state index in [0.717, 1.165) is 11.8 Å². The predicted octanol–water partition coefficient (Wildman–Crippen LogP) is 14.3. The van der Waals surface area contributed by atoms with Crippen LogP contribution in [0.4, 0.5) is 0 Å². The fraction of sp³-hybridized carbons (Fsp3) is 1.00. The Balaban J connectivity index is 3.77. The van der Waals surface area contributed by atoms with E-state index in [-0.39, 0.29) is 0 Å². The Labute approximate surface area is 263 Å². The first-order chi connectivity index (χ1) is 20.1. The van der Waals surface area contributed by atoms with Gasteiger partial charge < -0.3 is 4.90 Å². The second-order valence-corrected chi connectivity index (χ2v) is 14.8. The Morgan fingerprint density at radius 1 is 0.293 bits per heavy atom. The van der Waals surface area contributed by atoms with E-state index >= 15 is 0 Å². The van der Waals surface area contributed by atoms with Crippen molar-refractivity contribution in [1.82, 2.24) is 4.90 Å². The highest BCUT2D eigenvalue weighted by Gasteiger charge is 2.05. The van der Waals surface area contributed by atoms with Crippen molar-refractivity contribution in [3.8, 4) is 0 Å². The summed E-state index contributed by atoms with van der Waals surface area (Å²) in [5, 5.41) is 0. The van der Waals surface area contributed by atoms with Crippen molar-refractivity contribution in [3.05, 3.63) is 0 Å². The van der Waals surface area contributed by atoms with Crippen LogP contribution in [0.1, 0.15) is 227 Å². The molecule has 1 nitrogen and oxygen atoms in total. The summed E-state index contributed by atoms with van der Waals surface area (Å²) in [5.74, 6) is 1.78. The van der Waals surface area contributed by atoms with Crippen LogP contribution in [0.25, 0.3) is 0 Å². The smallest absolute Gasteiger partial charge is 0.00187 e. The average molecular weight is 578 g/mol. The summed E-state index contributed by atoms with van der Waals surface area (Å²) < 4.78 is 0. The molecule has 0 bridgehead atoms. The van der Waals surface area contributed by atoms with Crippen molar-refractivity contribution in [3.63, 3.8) is 0 Å². The molecule has 0 aliphatic heterocycles. The largest absolute Gasteiger partial charge is 0.303 e. The third-order valence-electron chi connectivity index (χ3n) is 9.34. The fourth-order valence-corrected chi connectivity index (χ4v) is 6.41. The Morgan fingerprint density at radius 3 is 0.756 bits per heavy atom. The molecule has 1 heteroatoms. The normalized spacial score (nSPS) is 12.0. The molecule has 0 aromatic rings. The maximum atomic E-state index is 2.85. The fourth-order valence-electron chi connectivity index (χ4n) is 6.41. The van der Waals surface area contributed by atoms with E-state index in [2.05, 4.69) is 39.5 Å². The molecule has 0 aliphatic carbocycles. The van der Waals surface area contributed by atoms with Crippen molar-refractivity contribution < 1.29 is 0 Å². The van der Waals surface area contributed by atoms with Gasteiger partial charge in [0.15, 0.2) is 0 Å². The second kappa shape index (κ2) is 34.5. The summed E-state index contributed by atoms with van der Waals surface area (Å²) in [5.41, 5.74) is 0. The van der Waals surface area contributed by atoms with Gasteiger partial charge in [0.25, 0.3) is 0 Å². The topological polar surface area (TPSA) is 3.24 Å². The summed E-state index contributed by atoms with van der Waals surface area (Å²) >= 11 is 0. The molecule has 0 saturated carbocycles. The summed E-state index contributed by atoms with van der Waals surface area (Å²) in [6, 6.07) is 0. The van der Waals surface area contributed by atoms with E-state index in [1.807, 2.05) is 0 Å². The minimum atomic E-state index is 0.890. The first kappa shape index (κ1) is 41.0. The van der Waals surface area contributed by atoms with Crippen molar-refractivity contribution >= 4 is 0 Å². The van der Waals surface area contributed by atoms with Gasteiger partial charge in [0.1, 0.15) is 0 Å². The van der Waals surface area contributed by atoms with Crippen LogP contribution in [0.3, 0.4) is 0 Å². The zero-order valence-electron chi connectivity index (χ0n) is 29.9. The lowest BCUT2D eigenvalue weighted by Gasteiger charge is -2.22. The Morgan fingerprint density at radius 2 is 0.512 bits per heavy atom. The summed E-state index contributed by atoms with van der Waals surface area (Å²) in [4.78, 5) is 2.85. The van der Waals surface area contributed by atoms with Gasteiger partial charge in [-0.2, -0.15) is 0 Å². The van der Waals surface area contributed by atoms with Crippen molar-refractivity contribution in [2.45, 2.75) is 227 Å². The molecule has 248 valence electrons. The first-order valence-corrected chi connectivity index (χ1v) is 19.8. The highest BCUT2D eigenvalue weighted by atomic mass is 15.1. The Kier molecular flexibility index (Phi) is 34.4. The molecule has 0 rings (SSSR count). The standard InChI is InChI=1S/C40H83N/c1-6-7-8-9-26-31-36-41(37-32-27-22-18-14-10-12-16-20-24-29-34-39(2)3)38-33-28-23-19-15-11-13-17-21-25-30-35-40(4)5/h39-40H,6-38H2,1-5H3. The Bertz CT molecular complexity index is 422. The summed E-state index contributed by atoms with van der Waals surface area (Å²) in [6.07, 6.45) is 43.7. The van der Waals surface area contributed by atoms with Crippen LogP contribution in [-0.2, 0) is 0 Å². The molecule has 0 unspecified atom stereocenters. The van der Waals surface area contributed by atoms with Gasteiger partial charge in [0.2, 0.25) is 0 Å².